The molecule has 0 aliphatic rings. The minimum atomic E-state index is -0.304. The zero-order chi connectivity index (χ0) is 12.3. The Morgan fingerprint density at radius 2 is 2.35 bits per heavy atom. The molecule has 0 radical (unpaired) electrons. The van der Waals surface area contributed by atoms with Crippen molar-refractivity contribution in [1.29, 1.82) is 0 Å². The zero-order valence-electron chi connectivity index (χ0n) is 9.24. The molecule has 0 unspecified atom stereocenters. The third-order valence-corrected chi connectivity index (χ3v) is 3.08. The molecule has 3 nitrogen and oxygen atoms in total. The minimum Gasteiger partial charge on any atom is -0.346 e. The van der Waals surface area contributed by atoms with E-state index < -0.39 is 0 Å². The summed E-state index contributed by atoms with van der Waals surface area (Å²) in [5.74, 6) is -0.523. The van der Waals surface area contributed by atoms with Gasteiger partial charge < -0.3 is 5.32 Å². The van der Waals surface area contributed by atoms with Crippen LogP contribution in [0.15, 0.2) is 29.8 Å². The fourth-order valence-electron chi connectivity index (χ4n) is 1.38. The lowest BCUT2D eigenvalue weighted by molar-refractivity contribution is 0.0950. The van der Waals surface area contributed by atoms with E-state index in [0.717, 1.165) is 5.01 Å². The van der Waals surface area contributed by atoms with Crippen molar-refractivity contribution in [2.75, 3.05) is 0 Å². The Morgan fingerprint density at radius 1 is 1.53 bits per heavy atom. The Hall–Kier alpha value is -1.75. The van der Waals surface area contributed by atoms with Crippen molar-refractivity contribution in [3.8, 4) is 0 Å². The van der Waals surface area contributed by atoms with Gasteiger partial charge in [-0.1, -0.05) is 0 Å². The third-order valence-electron chi connectivity index (χ3n) is 2.30. The molecule has 1 aromatic carbocycles. The second-order valence-electron chi connectivity index (χ2n) is 3.57. The molecule has 88 valence electrons. The maximum atomic E-state index is 13.0. The summed E-state index contributed by atoms with van der Waals surface area (Å²) < 4.78 is 13.0. The monoisotopic (exact) mass is 250 g/mol. The molecule has 2 aromatic rings. The zero-order valence-corrected chi connectivity index (χ0v) is 10.1. The Labute approximate surface area is 102 Å². The van der Waals surface area contributed by atoms with Crippen LogP contribution >= 0.6 is 11.3 Å². The fraction of sp³-hybridized carbons (Fsp3) is 0.167. The van der Waals surface area contributed by atoms with Crippen molar-refractivity contribution in [2.45, 2.75) is 13.5 Å². The van der Waals surface area contributed by atoms with E-state index in [9.17, 15) is 9.18 Å². The number of rotatable bonds is 3. The predicted octanol–water partition coefficient (Wildman–Crippen LogP) is 2.52. The van der Waals surface area contributed by atoms with Gasteiger partial charge in [0.05, 0.1) is 6.54 Å². The maximum Gasteiger partial charge on any atom is 0.251 e. The SMILES string of the molecule is Cc1cc(C(=O)NCc2nccs2)ccc1F. The van der Waals surface area contributed by atoms with Gasteiger partial charge in [-0.25, -0.2) is 9.37 Å². The number of hydrogen-bond acceptors (Lipinski definition) is 3. The number of carbonyl (C=O) groups excluding carboxylic acids is 1. The van der Waals surface area contributed by atoms with E-state index in [-0.39, 0.29) is 11.7 Å². The molecule has 0 aliphatic carbocycles. The molecule has 0 bridgehead atoms. The highest BCUT2D eigenvalue weighted by atomic mass is 32.1. The van der Waals surface area contributed by atoms with Crippen LogP contribution in [0.25, 0.3) is 0 Å². The second kappa shape index (κ2) is 5.05. The second-order valence-corrected chi connectivity index (χ2v) is 4.55. The summed E-state index contributed by atoms with van der Waals surface area (Å²) in [5.41, 5.74) is 0.923. The fourth-order valence-corrected chi connectivity index (χ4v) is 1.94. The van der Waals surface area contributed by atoms with Crippen LogP contribution in [0.2, 0.25) is 0 Å². The first-order chi connectivity index (χ1) is 8.16. The number of thiazole rings is 1. The summed E-state index contributed by atoms with van der Waals surface area (Å²) in [6.07, 6.45) is 1.69. The number of carbonyl (C=O) groups is 1. The van der Waals surface area contributed by atoms with Gasteiger partial charge in [-0.05, 0) is 30.7 Å². The number of nitrogens with one attached hydrogen (secondary N) is 1. The molecule has 5 heteroatoms. The van der Waals surface area contributed by atoms with E-state index in [1.54, 1.807) is 13.1 Å². The van der Waals surface area contributed by atoms with Gasteiger partial charge in [-0.3, -0.25) is 4.79 Å². The number of hydrogen-bond donors (Lipinski definition) is 1. The van der Waals surface area contributed by atoms with Crippen LogP contribution in [0, 0.1) is 12.7 Å². The van der Waals surface area contributed by atoms with E-state index in [0.29, 0.717) is 17.7 Å². The van der Waals surface area contributed by atoms with Gasteiger partial charge >= 0.3 is 0 Å². The summed E-state index contributed by atoms with van der Waals surface area (Å²) in [6, 6.07) is 4.31. The van der Waals surface area contributed by atoms with Gasteiger partial charge in [0.15, 0.2) is 0 Å². The highest BCUT2D eigenvalue weighted by Gasteiger charge is 2.07. The quantitative estimate of drug-likeness (QED) is 0.909. The molecular formula is C12H11FN2OS. The van der Waals surface area contributed by atoms with Crippen LogP contribution in [0.5, 0.6) is 0 Å². The maximum absolute atomic E-state index is 13.0. The molecule has 1 N–H and O–H groups in total. The first-order valence-electron chi connectivity index (χ1n) is 5.09. The molecule has 0 saturated carbocycles. The van der Waals surface area contributed by atoms with Crippen LogP contribution in [0.4, 0.5) is 4.39 Å². The van der Waals surface area contributed by atoms with E-state index >= 15 is 0 Å². The van der Waals surface area contributed by atoms with E-state index in [1.807, 2.05) is 5.38 Å². The Bertz CT molecular complexity index is 525. The molecule has 1 aromatic heterocycles. The van der Waals surface area contributed by atoms with Crippen molar-refractivity contribution < 1.29 is 9.18 Å². The largest absolute Gasteiger partial charge is 0.346 e. The Balaban J connectivity index is 2.02. The molecule has 0 fully saturated rings. The summed E-state index contributed by atoms with van der Waals surface area (Å²) in [7, 11) is 0. The number of aromatic nitrogens is 1. The van der Waals surface area contributed by atoms with Crippen molar-refractivity contribution in [2.24, 2.45) is 0 Å². The summed E-state index contributed by atoms with van der Waals surface area (Å²) in [6.45, 7) is 2.03. The van der Waals surface area contributed by atoms with Crippen molar-refractivity contribution in [3.05, 3.63) is 51.7 Å². The van der Waals surface area contributed by atoms with Crippen LogP contribution in [-0.2, 0) is 6.54 Å². The molecule has 1 amide bonds. The van der Waals surface area contributed by atoms with Crippen molar-refractivity contribution >= 4 is 17.2 Å². The summed E-state index contributed by atoms with van der Waals surface area (Å²) in [4.78, 5) is 15.8. The lowest BCUT2D eigenvalue weighted by Crippen LogP contribution is -2.22. The summed E-state index contributed by atoms with van der Waals surface area (Å²) >= 11 is 1.48. The smallest absolute Gasteiger partial charge is 0.251 e. The van der Waals surface area contributed by atoms with Gasteiger partial charge in [0.1, 0.15) is 10.8 Å². The minimum absolute atomic E-state index is 0.219. The lowest BCUT2D eigenvalue weighted by atomic mass is 10.1. The number of benzene rings is 1. The van der Waals surface area contributed by atoms with Gasteiger partial charge in [-0.2, -0.15) is 0 Å². The molecule has 17 heavy (non-hydrogen) atoms. The van der Waals surface area contributed by atoms with Gasteiger partial charge in [-0.15, -0.1) is 11.3 Å². The summed E-state index contributed by atoms with van der Waals surface area (Å²) in [5, 5.41) is 5.43. The van der Waals surface area contributed by atoms with E-state index in [2.05, 4.69) is 10.3 Å². The van der Waals surface area contributed by atoms with Gasteiger partial charge in [0.25, 0.3) is 5.91 Å². The van der Waals surface area contributed by atoms with E-state index in [1.165, 1.54) is 29.5 Å². The topological polar surface area (TPSA) is 42.0 Å². The van der Waals surface area contributed by atoms with Gasteiger partial charge in [0.2, 0.25) is 0 Å². The third kappa shape index (κ3) is 2.88. The molecule has 2 rings (SSSR count). The number of halogens is 1. The van der Waals surface area contributed by atoms with Crippen LogP contribution in [0.1, 0.15) is 20.9 Å². The molecule has 0 atom stereocenters. The first-order valence-corrected chi connectivity index (χ1v) is 5.97. The standard InChI is InChI=1S/C12H11FN2OS/c1-8-6-9(2-3-10(8)13)12(16)15-7-11-14-4-5-17-11/h2-6H,7H2,1H3,(H,15,16). The molecule has 0 saturated heterocycles. The predicted molar refractivity (Wildman–Crippen MR) is 64.4 cm³/mol. The first kappa shape index (κ1) is 11.7. The van der Waals surface area contributed by atoms with E-state index in [4.69, 9.17) is 0 Å². The van der Waals surface area contributed by atoms with Crippen molar-refractivity contribution in [3.63, 3.8) is 0 Å². The highest BCUT2D eigenvalue weighted by molar-refractivity contribution is 7.09. The lowest BCUT2D eigenvalue weighted by Gasteiger charge is -2.04. The van der Waals surface area contributed by atoms with Gasteiger partial charge in [0, 0.05) is 17.1 Å². The number of aryl methyl sites for hydroxylation is 1. The van der Waals surface area contributed by atoms with Crippen LogP contribution in [-0.4, -0.2) is 10.9 Å². The number of nitrogens with zero attached hydrogens (tertiary/aromatic N) is 1. The van der Waals surface area contributed by atoms with Crippen LogP contribution in [0.3, 0.4) is 0 Å². The molecule has 0 aliphatic heterocycles. The van der Waals surface area contributed by atoms with Crippen molar-refractivity contribution in [1.82, 2.24) is 10.3 Å². The normalized spacial score (nSPS) is 10.2. The number of amides is 1. The molecule has 0 spiro atoms. The average molecular weight is 250 g/mol. The Kier molecular flexibility index (Phi) is 3.49. The average Bonchev–Trinajstić information content (AvgIpc) is 2.82. The molecular weight excluding hydrogens is 239 g/mol. The molecule has 1 heterocycles. The highest BCUT2D eigenvalue weighted by Crippen LogP contribution is 2.09. The Morgan fingerprint density at radius 3 is 3.00 bits per heavy atom. The van der Waals surface area contributed by atoms with Crippen LogP contribution < -0.4 is 5.32 Å².